The Morgan fingerprint density at radius 3 is 2.45 bits per heavy atom. The smallest absolute Gasteiger partial charge is 0.246 e. The molecule has 0 unspecified atom stereocenters. The summed E-state index contributed by atoms with van der Waals surface area (Å²) in [4.78, 5) is 13.0. The molecule has 2 aromatic heterocycles. The highest BCUT2D eigenvalue weighted by Gasteiger charge is 2.22. The van der Waals surface area contributed by atoms with Gasteiger partial charge in [0.05, 0.1) is 17.2 Å². The number of nitrogens with zero attached hydrogens (tertiary/aromatic N) is 4. The molecule has 0 atom stereocenters. The number of hydrogen-bond donors (Lipinski definition) is 1. The first-order valence-corrected chi connectivity index (χ1v) is 10.9. The van der Waals surface area contributed by atoms with Crippen molar-refractivity contribution >= 4 is 26.9 Å². The van der Waals surface area contributed by atoms with E-state index in [0.717, 1.165) is 15.4 Å². The van der Waals surface area contributed by atoms with Gasteiger partial charge in [0.1, 0.15) is 17.3 Å². The molecule has 4 rings (SSSR count). The lowest BCUT2D eigenvalue weighted by Gasteiger charge is -2.14. The van der Waals surface area contributed by atoms with Gasteiger partial charge in [-0.05, 0) is 29.3 Å². The summed E-state index contributed by atoms with van der Waals surface area (Å²) in [6.07, 6.45) is 3.12. The molecule has 0 aliphatic rings. The van der Waals surface area contributed by atoms with Crippen LogP contribution in [0.15, 0.2) is 71.9 Å². The molecule has 2 aromatic carbocycles. The number of ether oxygens (including phenoxy) is 1. The number of rotatable bonds is 6. The quantitative estimate of drug-likeness (QED) is 0.495. The number of pyridine rings is 1. The second kappa shape index (κ2) is 8.29. The predicted octanol–water partition coefficient (Wildman–Crippen LogP) is 3.10. The third-order valence-corrected chi connectivity index (χ3v) is 6.57. The number of fused-ring (bicyclic) bond motifs is 1. The highest BCUT2D eigenvalue weighted by molar-refractivity contribution is 7.89. The van der Waals surface area contributed by atoms with Crippen LogP contribution in [-0.4, -0.2) is 41.8 Å². The molecule has 9 heteroatoms. The summed E-state index contributed by atoms with van der Waals surface area (Å²) in [5, 5.41) is 0. The highest BCUT2D eigenvalue weighted by Crippen LogP contribution is 2.28. The summed E-state index contributed by atoms with van der Waals surface area (Å²) in [5.74, 6) is 0.356. The molecule has 0 saturated carbocycles. The summed E-state index contributed by atoms with van der Waals surface area (Å²) in [5.41, 5.74) is 9.52. The summed E-state index contributed by atoms with van der Waals surface area (Å²) in [7, 11) is -0.826. The minimum Gasteiger partial charge on any atom is -0.472 e. The van der Waals surface area contributed by atoms with Crippen LogP contribution in [0.1, 0.15) is 5.56 Å². The van der Waals surface area contributed by atoms with Gasteiger partial charge in [0.2, 0.25) is 15.9 Å². The molecule has 0 spiro atoms. The molecule has 31 heavy (non-hydrogen) atoms. The van der Waals surface area contributed by atoms with Crippen LogP contribution in [0.25, 0.3) is 22.2 Å². The first kappa shape index (κ1) is 20.7. The average molecular weight is 436 g/mol. The zero-order valence-corrected chi connectivity index (χ0v) is 17.9. The Labute approximate surface area is 180 Å². The molecular formula is C22H21N5O3S. The third kappa shape index (κ3) is 4.32. The lowest BCUT2D eigenvalue weighted by molar-refractivity contribution is 0.294. The molecule has 2 heterocycles. The second-order valence-electron chi connectivity index (χ2n) is 7.08. The van der Waals surface area contributed by atoms with Gasteiger partial charge in [-0.15, -0.1) is 0 Å². The van der Waals surface area contributed by atoms with Gasteiger partial charge >= 0.3 is 0 Å². The van der Waals surface area contributed by atoms with Gasteiger partial charge in [-0.2, -0.15) is 0 Å². The van der Waals surface area contributed by atoms with Crippen molar-refractivity contribution in [2.75, 3.05) is 19.8 Å². The molecule has 158 valence electrons. The van der Waals surface area contributed by atoms with Crippen LogP contribution in [-0.2, 0) is 16.6 Å². The lowest BCUT2D eigenvalue weighted by atomic mass is 10.1. The van der Waals surface area contributed by atoms with Crippen molar-refractivity contribution in [1.82, 2.24) is 19.3 Å². The number of sulfonamides is 1. The summed E-state index contributed by atoms with van der Waals surface area (Å²) in [6, 6.07) is 16.8. The normalized spacial score (nSPS) is 11.7. The van der Waals surface area contributed by atoms with Crippen molar-refractivity contribution in [3.63, 3.8) is 0 Å². The molecule has 0 aliphatic carbocycles. The maximum atomic E-state index is 12.5. The molecule has 0 saturated heterocycles. The van der Waals surface area contributed by atoms with Crippen LogP contribution < -0.4 is 10.5 Å². The summed E-state index contributed by atoms with van der Waals surface area (Å²) >= 11 is 0. The number of nitrogens with two attached hydrogens (primary N) is 1. The van der Waals surface area contributed by atoms with Crippen molar-refractivity contribution < 1.29 is 13.2 Å². The van der Waals surface area contributed by atoms with Crippen molar-refractivity contribution in [2.45, 2.75) is 11.5 Å². The zero-order chi connectivity index (χ0) is 22.0. The van der Waals surface area contributed by atoms with Crippen molar-refractivity contribution in [3.8, 4) is 17.0 Å². The fraction of sp³-hybridized carbons (Fsp3) is 0.136. The van der Waals surface area contributed by atoms with Crippen molar-refractivity contribution in [1.29, 1.82) is 0 Å². The minimum atomic E-state index is -3.72. The Kier molecular flexibility index (Phi) is 5.53. The molecule has 8 nitrogen and oxygen atoms in total. The van der Waals surface area contributed by atoms with E-state index >= 15 is 0 Å². The van der Waals surface area contributed by atoms with Crippen LogP contribution in [0.4, 0.5) is 5.82 Å². The molecule has 0 amide bonds. The molecule has 0 fully saturated rings. The van der Waals surface area contributed by atoms with E-state index in [0.29, 0.717) is 29.1 Å². The van der Waals surface area contributed by atoms with Crippen LogP contribution in [0.3, 0.4) is 0 Å². The van der Waals surface area contributed by atoms with Gasteiger partial charge in [-0.1, -0.05) is 36.4 Å². The van der Waals surface area contributed by atoms with Crippen molar-refractivity contribution in [3.05, 3.63) is 72.6 Å². The molecule has 0 bridgehead atoms. The molecular weight excluding hydrogens is 414 g/mol. The van der Waals surface area contributed by atoms with E-state index in [-0.39, 0.29) is 10.7 Å². The van der Waals surface area contributed by atoms with E-state index in [1.54, 1.807) is 6.20 Å². The zero-order valence-electron chi connectivity index (χ0n) is 17.1. The number of hydrogen-bond acceptors (Lipinski definition) is 7. The maximum Gasteiger partial charge on any atom is 0.246 e. The third-order valence-electron chi connectivity index (χ3n) is 4.72. The van der Waals surface area contributed by atoms with Gasteiger partial charge in [0.25, 0.3) is 0 Å². The largest absolute Gasteiger partial charge is 0.472 e. The molecule has 0 radical (unpaired) electrons. The van der Waals surface area contributed by atoms with Gasteiger partial charge in [-0.3, -0.25) is 0 Å². The van der Waals surface area contributed by atoms with Gasteiger partial charge in [0.15, 0.2) is 0 Å². The Morgan fingerprint density at radius 2 is 1.71 bits per heavy atom. The number of aromatic nitrogens is 3. The average Bonchev–Trinajstić information content (AvgIpc) is 2.78. The fourth-order valence-corrected chi connectivity index (χ4v) is 3.98. The van der Waals surface area contributed by atoms with E-state index in [1.807, 2.05) is 48.5 Å². The first-order chi connectivity index (χ1) is 14.8. The van der Waals surface area contributed by atoms with Gasteiger partial charge < -0.3 is 10.5 Å². The molecule has 4 aromatic rings. The number of benzene rings is 2. The number of nitrogen functional groups attached to an aromatic ring is 1. The Balaban J connectivity index is 1.67. The van der Waals surface area contributed by atoms with Crippen molar-refractivity contribution in [2.24, 2.45) is 0 Å². The van der Waals surface area contributed by atoms with Gasteiger partial charge in [-0.25, -0.2) is 27.7 Å². The molecule has 2 N–H and O–H groups in total. The topological polar surface area (TPSA) is 111 Å². The van der Waals surface area contributed by atoms with Crippen LogP contribution >= 0.6 is 0 Å². The van der Waals surface area contributed by atoms with E-state index in [2.05, 4.69) is 15.0 Å². The minimum absolute atomic E-state index is 0.0406. The Morgan fingerprint density at radius 1 is 0.935 bits per heavy atom. The van der Waals surface area contributed by atoms with Gasteiger partial charge in [0, 0.05) is 25.9 Å². The van der Waals surface area contributed by atoms with E-state index in [9.17, 15) is 8.42 Å². The lowest BCUT2D eigenvalue weighted by Crippen LogP contribution is -2.23. The highest BCUT2D eigenvalue weighted by atomic mass is 32.2. The van der Waals surface area contributed by atoms with Crippen LogP contribution in [0.2, 0.25) is 0 Å². The van der Waals surface area contributed by atoms with E-state index < -0.39 is 10.0 Å². The monoisotopic (exact) mass is 435 g/mol. The maximum absolute atomic E-state index is 12.5. The summed E-state index contributed by atoms with van der Waals surface area (Å²) < 4.78 is 32.0. The fourth-order valence-electron chi connectivity index (χ4n) is 2.99. The van der Waals surface area contributed by atoms with Crippen LogP contribution in [0, 0.1) is 0 Å². The second-order valence-corrected chi connectivity index (χ2v) is 9.20. The van der Waals surface area contributed by atoms with Crippen LogP contribution in [0.5, 0.6) is 5.88 Å². The Bertz CT molecular complexity index is 1340. The predicted molar refractivity (Wildman–Crippen MR) is 119 cm³/mol. The summed E-state index contributed by atoms with van der Waals surface area (Å²) in [6.45, 7) is 0.383. The molecule has 0 aliphatic heterocycles. The number of anilines is 1. The van der Waals surface area contributed by atoms with E-state index in [1.165, 1.54) is 26.4 Å². The standard InChI is InChI=1S/C22H21N5O3S/c1-27(2)31(28,29)20-11-17(12-25-22(20)23)16-8-9-18-19(10-16)26-21(13-24-18)30-14-15-6-4-3-5-7-15/h3-13H,14H2,1-2H3,(H2,23,25). The Hall–Kier alpha value is -3.56. The van der Waals surface area contributed by atoms with E-state index in [4.69, 9.17) is 10.5 Å². The SMILES string of the molecule is CN(C)S(=O)(=O)c1cc(-c2ccc3ncc(OCc4ccccc4)nc3c2)cnc1N. The first-order valence-electron chi connectivity index (χ1n) is 9.46.